The Morgan fingerprint density at radius 1 is 0.474 bits per heavy atom. The van der Waals surface area contributed by atoms with Gasteiger partial charge < -0.3 is 8.98 Å². The van der Waals surface area contributed by atoms with Crippen LogP contribution in [0.5, 0.6) is 0 Å². The van der Waals surface area contributed by atoms with Crippen LogP contribution in [0.4, 0.5) is 0 Å². The number of hydrogen-bond acceptors (Lipinski definition) is 5. The fourth-order valence-electron chi connectivity index (χ4n) is 8.04. The van der Waals surface area contributed by atoms with E-state index in [4.69, 9.17) is 19.4 Å². The molecule has 0 saturated carbocycles. The zero-order valence-electron chi connectivity index (χ0n) is 31.0. The Morgan fingerprint density at radius 3 is 1.88 bits per heavy atom. The van der Waals surface area contributed by atoms with Crippen LogP contribution in [0, 0.1) is 6.92 Å². The first-order valence-corrected chi connectivity index (χ1v) is 19.0. The van der Waals surface area contributed by atoms with Crippen LogP contribution in [0.1, 0.15) is 5.56 Å². The average molecular weight is 732 g/mol. The van der Waals surface area contributed by atoms with Gasteiger partial charge in [0.05, 0.1) is 33.5 Å². The second-order valence-electron chi connectivity index (χ2n) is 14.4. The molecule has 0 aliphatic heterocycles. The van der Waals surface area contributed by atoms with Crippen LogP contribution in [0.15, 0.2) is 187 Å². The molecular formula is C51H33N5O. The van der Waals surface area contributed by atoms with Crippen molar-refractivity contribution >= 4 is 43.7 Å². The fourth-order valence-corrected chi connectivity index (χ4v) is 8.04. The summed E-state index contributed by atoms with van der Waals surface area (Å²) < 4.78 is 8.46. The molecule has 5 aromatic heterocycles. The average Bonchev–Trinajstić information content (AvgIpc) is 3.82. The number of hydrogen-bond donors (Lipinski definition) is 0. The van der Waals surface area contributed by atoms with E-state index in [-0.39, 0.29) is 0 Å². The Bertz CT molecular complexity index is 3220. The minimum Gasteiger partial charge on any atom is -0.456 e. The summed E-state index contributed by atoms with van der Waals surface area (Å²) in [5.74, 6) is 0.686. The van der Waals surface area contributed by atoms with Crippen LogP contribution in [0.3, 0.4) is 0 Å². The summed E-state index contributed by atoms with van der Waals surface area (Å²) in [5.41, 5.74) is 15.2. The largest absolute Gasteiger partial charge is 0.456 e. The molecule has 0 spiro atoms. The minimum atomic E-state index is 0.686. The predicted molar refractivity (Wildman–Crippen MR) is 231 cm³/mol. The summed E-state index contributed by atoms with van der Waals surface area (Å²) in [5, 5.41) is 4.46. The molecule has 11 rings (SSSR count). The van der Waals surface area contributed by atoms with Crippen molar-refractivity contribution in [1.29, 1.82) is 0 Å². The third-order valence-electron chi connectivity index (χ3n) is 10.9. The van der Waals surface area contributed by atoms with Crippen molar-refractivity contribution in [2.24, 2.45) is 0 Å². The SMILES string of the molecule is Cc1ccc2oc3ccnc(-c4ccc(-c5ccc(-c6cc(-c7ccc(-n8c9ccccc9c9cnccc98)cc7)nc(-c7ccccc7)n6)cc5)cc4)c3c2c1. The fraction of sp³-hybridized carbons (Fsp3) is 0.0196. The van der Waals surface area contributed by atoms with E-state index in [0.29, 0.717) is 5.82 Å². The molecule has 6 heteroatoms. The van der Waals surface area contributed by atoms with Gasteiger partial charge in [0.25, 0.3) is 0 Å². The Balaban J connectivity index is 0.931. The van der Waals surface area contributed by atoms with Gasteiger partial charge in [-0.2, -0.15) is 0 Å². The van der Waals surface area contributed by atoms with Gasteiger partial charge in [0.15, 0.2) is 5.82 Å². The first-order chi connectivity index (χ1) is 28.1. The topological polar surface area (TPSA) is 69.6 Å². The molecule has 0 amide bonds. The molecule has 5 heterocycles. The van der Waals surface area contributed by atoms with Crippen molar-refractivity contribution in [3.63, 3.8) is 0 Å². The number of aromatic nitrogens is 5. The van der Waals surface area contributed by atoms with Crippen molar-refractivity contribution in [3.8, 4) is 62.0 Å². The number of benzene rings is 6. The monoisotopic (exact) mass is 731 g/mol. The van der Waals surface area contributed by atoms with E-state index < -0.39 is 0 Å². The predicted octanol–water partition coefficient (Wildman–Crippen LogP) is 12.9. The number of furan rings is 1. The molecule has 268 valence electrons. The van der Waals surface area contributed by atoms with E-state index in [9.17, 15) is 0 Å². The van der Waals surface area contributed by atoms with Gasteiger partial charge in [0.2, 0.25) is 0 Å². The molecule has 0 aliphatic rings. The van der Waals surface area contributed by atoms with Gasteiger partial charge in [0, 0.05) is 62.7 Å². The summed E-state index contributed by atoms with van der Waals surface area (Å²) in [7, 11) is 0. The lowest BCUT2D eigenvalue weighted by molar-refractivity contribution is 0.668. The van der Waals surface area contributed by atoms with Crippen LogP contribution in [0.2, 0.25) is 0 Å². The molecule has 0 aliphatic carbocycles. The van der Waals surface area contributed by atoms with Crippen molar-refractivity contribution in [2.75, 3.05) is 0 Å². The van der Waals surface area contributed by atoms with Gasteiger partial charge in [-0.25, -0.2) is 9.97 Å². The quantitative estimate of drug-likeness (QED) is 0.170. The Labute approximate surface area is 328 Å². The van der Waals surface area contributed by atoms with Crippen LogP contribution in [0.25, 0.3) is 106 Å². The first-order valence-electron chi connectivity index (χ1n) is 19.0. The lowest BCUT2D eigenvalue weighted by atomic mass is 9.98. The summed E-state index contributed by atoms with van der Waals surface area (Å²) >= 11 is 0. The molecule has 0 radical (unpaired) electrons. The highest BCUT2D eigenvalue weighted by Crippen LogP contribution is 2.37. The number of nitrogens with zero attached hydrogens (tertiary/aromatic N) is 5. The van der Waals surface area contributed by atoms with E-state index in [1.807, 2.05) is 48.9 Å². The van der Waals surface area contributed by atoms with Gasteiger partial charge in [-0.15, -0.1) is 0 Å². The number of fused-ring (bicyclic) bond motifs is 6. The first kappa shape index (κ1) is 32.7. The molecule has 57 heavy (non-hydrogen) atoms. The molecule has 0 saturated heterocycles. The molecule has 0 N–H and O–H groups in total. The number of rotatable bonds is 6. The second-order valence-corrected chi connectivity index (χ2v) is 14.4. The van der Waals surface area contributed by atoms with Crippen LogP contribution < -0.4 is 0 Å². The van der Waals surface area contributed by atoms with Gasteiger partial charge in [-0.3, -0.25) is 9.97 Å². The molecule has 0 atom stereocenters. The van der Waals surface area contributed by atoms with Crippen molar-refractivity contribution in [2.45, 2.75) is 6.92 Å². The number of para-hydroxylation sites is 1. The van der Waals surface area contributed by atoms with Gasteiger partial charge in [0.1, 0.15) is 11.2 Å². The Hall–Kier alpha value is -7.70. The van der Waals surface area contributed by atoms with Gasteiger partial charge in [-0.05, 0) is 66.6 Å². The maximum absolute atomic E-state index is 6.17. The number of pyridine rings is 2. The van der Waals surface area contributed by atoms with Crippen molar-refractivity contribution in [1.82, 2.24) is 24.5 Å². The molecular weight excluding hydrogens is 699 g/mol. The van der Waals surface area contributed by atoms with Crippen molar-refractivity contribution in [3.05, 3.63) is 188 Å². The highest BCUT2D eigenvalue weighted by atomic mass is 16.3. The van der Waals surface area contributed by atoms with E-state index >= 15 is 0 Å². The summed E-state index contributed by atoms with van der Waals surface area (Å²) in [4.78, 5) is 19.4. The second kappa shape index (κ2) is 13.3. The Morgan fingerprint density at radius 2 is 1.12 bits per heavy atom. The maximum atomic E-state index is 6.17. The van der Waals surface area contributed by atoms with E-state index in [0.717, 1.165) is 94.5 Å². The summed E-state index contributed by atoms with van der Waals surface area (Å²) in [6.07, 6.45) is 5.62. The zero-order chi connectivity index (χ0) is 37.9. The third kappa shape index (κ3) is 5.66. The summed E-state index contributed by atoms with van der Waals surface area (Å²) in [6.45, 7) is 2.10. The normalized spacial score (nSPS) is 11.6. The molecule has 0 unspecified atom stereocenters. The lowest BCUT2D eigenvalue weighted by Gasteiger charge is -2.12. The highest BCUT2D eigenvalue weighted by Gasteiger charge is 2.16. The molecule has 0 fully saturated rings. The Kier molecular flexibility index (Phi) is 7.60. The van der Waals surface area contributed by atoms with Gasteiger partial charge >= 0.3 is 0 Å². The standard InChI is InChI=1S/C51H33N5O/c1-32-11-24-47-41(29-32)49-48(57-47)26-28-53-50(49)37-18-14-34(15-19-37)33-12-16-35(17-13-33)43-30-44(55-51(54-43)38-7-3-2-4-8-38)36-20-22-39(23-21-36)56-45-10-6-5-9-40(45)42-31-52-27-25-46(42)56/h2-31H,1H3. The maximum Gasteiger partial charge on any atom is 0.160 e. The smallest absolute Gasteiger partial charge is 0.160 e. The lowest BCUT2D eigenvalue weighted by Crippen LogP contribution is -1.97. The molecule has 6 nitrogen and oxygen atoms in total. The van der Waals surface area contributed by atoms with E-state index in [1.165, 1.54) is 10.9 Å². The molecule has 6 aromatic carbocycles. The highest BCUT2D eigenvalue weighted by molar-refractivity contribution is 6.11. The minimum absolute atomic E-state index is 0.686. The number of aryl methyl sites for hydroxylation is 1. The van der Waals surface area contributed by atoms with E-state index in [1.54, 1.807) is 0 Å². The van der Waals surface area contributed by atoms with Gasteiger partial charge in [-0.1, -0.05) is 121 Å². The van der Waals surface area contributed by atoms with Crippen molar-refractivity contribution < 1.29 is 4.42 Å². The van der Waals surface area contributed by atoms with Crippen LogP contribution >= 0.6 is 0 Å². The van der Waals surface area contributed by atoms with E-state index in [2.05, 4.69) is 150 Å². The molecule has 0 bridgehead atoms. The summed E-state index contributed by atoms with van der Waals surface area (Å²) in [6, 6.07) is 56.9. The third-order valence-corrected chi connectivity index (χ3v) is 10.9. The zero-order valence-corrected chi connectivity index (χ0v) is 31.0. The molecule has 11 aromatic rings. The van der Waals surface area contributed by atoms with Crippen LogP contribution in [-0.4, -0.2) is 24.5 Å². The van der Waals surface area contributed by atoms with Crippen LogP contribution in [-0.2, 0) is 0 Å².